The molecule has 0 saturated carbocycles. The van der Waals surface area contributed by atoms with Gasteiger partial charge in [-0.15, -0.1) is 0 Å². The van der Waals surface area contributed by atoms with Gasteiger partial charge in [-0.05, 0) is 48.9 Å². The van der Waals surface area contributed by atoms with Crippen LogP contribution in [0.1, 0.15) is 43.4 Å². The minimum atomic E-state index is -0.645. The predicted octanol–water partition coefficient (Wildman–Crippen LogP) is 4.71. The standard InChI is InChI=1S/C30H33N3O6S/c1-19-27(29(35)39-17-20-8-5-4-6-9-20)28(24-15-22(36-2)11-12-25(24)37-3)33-21(18-40-30(33)32-19)14-26(34)31-16-23-10-7-13-38-23/h4-6,8-9,11-12,15,18,23,28H,7,10,13-14,16-17H2,1-3H3,(H,31,34)/t23-,28+/m1/s1. The third kappa shape index (κ3) is 6.03. The predicted molar refractivity (Wildman–Crippen MR) is 153 cm³/mol. The number of rotatable bonds is 10. The van der Waals surface area contributed by atoms with E-state index in [1.165, 1.54) is 11.8 Å². The summed E-state index contributed by atoms with van der Waals surface area (Å²) in [5, 5.41) is 5.58. The van der Waals surface area contributed by atoms with Crippen molar-refractivity contribution in [2.24, 2.45) is 4.99 Å². The Hall–Kier alpha value is -3.76. The Morgan fingerprint density at radius 1 is 1.15 bits per heavy atom. The van der Waals surface area contributed by atoms with Gasteiger partial charge in [0.1, 0.15) is 18.1 Å². The van der Waals surface area contributed by atoms with Crippen LogP contribution >= 0.6 is 11.8 Å². The summed E-state index contributed by atoms with van der Waals surface area (Å²) < 4.78 is 22.7. The van der Waals surface area contributed by atoms with Crippen molar-refractivity contribution in [1.82, 2.24) is 10.2 Å². The Labute approximate surface area is 238 Å². The summed E-state index contributed by atoms with van der Waals surface area (Å²) in [6.45, 7) is 3.13. The lowest BCUT2D eigenvalue weighted by atomic mass is 9.92. The van der Waals surface area contributed by atoms with E-state index in [1.807, 2.05) is 52.8 Å². The van der Waals surface area contributed by atoms with Crippen LogP contribution in [0.2, 0.25) is 0 Å². The third-order valence-corrected chi connectivity index (χ3v) is 7.95. The number of aliphatic imine (C=N–C) groups is 1. The minimum absolute atomic E-state index is 0.0494. The molecule has 3 aliphatic rings. The van der Waals surface area contributed by atoms with E-state index < -0.39 is 12.0 Å². The number of fused-ring (bicyclic) bond motifs is 1. The molecule has 0 spiro atoms. The maximum atomic E-state index is 13.7. The minimum Gasteiger partial charge on any atom is -0.497 e. The highest BCUT2D eigenvalue weighted by Gasteiger charge is 2.42. The fourth-order valence-corrected chi connectivity index (χ4v) is 6.00. The molecule has 1 saturated heterocycles. The number of nitrogens with zero attached hydrogens (tertiary/aromatic N) is 2. The maximum Gasteiger partial charge on any atom is 0.338 e. The van der Waals surface area contributed by atoms with E-state index in [9.17, 15) is 9.59 Å². The summed E-state index contributed by atoms with van der Waals surface area (Å²) in [4.78, 5) is 33.4. The quantitative estimate of drug-likeness (QED) is 0.415. The van der Waals surface area contributed by atoms with Gasteiger partial charge in [-0.25, -0.2) is 9.79 Å². The molecule has 0 bridgehead atoms. The van der Waals surface area contributed by atoms with E-state index in [1.54, 1.807) is 27.2 Å². The first kappa shape index (κ1) is 27.8. The van der Waals surface area contributed by atoms with Gasteiger partial charge < -0.3 is 29.2 Å². The van der Waals surface area contributed by atoms with Crippen molar-refractivity contribution in [2.75, 3.05) is 27.4 Å². The average molecular weight is 564 g/mol. The molecule has 5 rings (SSSR count). The summed E-state index contributed by atoms with van der Waals surface area (Å²) in [6, 6.07) is 14.3. The molecule has 210 valence electrons. The molecule has 3 aliphatic heterocycles. The molecular weight excluding hydrogens is 530 g/mol. The van der Waals surface area contributed by atoms with Gasteiger partial charge in [-0.1, -0.05) is 42.1 Å². The molecule has 9 nitrogen and oxygen atoms in total. The van der Waals surface area contributed by atoms with Gasteiger partial charge in [0.05, 0.1) is 44.1 Å². The van der Waals surface area contributed by atoms with E-state index in [0.29, 0.717) is 40.0 Å². The highest BCUT2D eigenvalue weighted by atomic mass is 32.2. The monoisotopic (exact) mass is 563 g/mol. The van der Waals surface area contributed by atoms with Crippen molar-refractivity contribution in [3.63, 3.8) is 0 Å². The van der Waals surface area contributed by atoms with Gasteiger partial charge in [0.15, 0.2) is 5.17 Å². The molecule has 1 N–H and O–H groups in total. The van der Waals surface area contributed by atoms with E-state index in [4.69, 9.17) is 23.9 Å². The Morgan fingerprint density at radius 3 is 2.70 bits per heavy atom. The molecular formula is C30H33N3O6S. The number of hydrogen-bond donors (Lipinski definition) is 1. The van der Waals surface area contributed by atoms with Gasteiger partial charge >= 0.3 is 5.97 Å². The van der Waals surface area contributed by atoms with Crippen LogP contribution in [0.5, 0.6) is 11.5 Å². The van der Waals surface area contributed by atoms with Gasteiger partial charge in [0.2, 0.25) is 5.91 Å². The van der Waals surface area contributed by atoms with Crippen molar-refractivity contribution in [3.05, 3.63) is 82.0 Å². The van der Waals surface area contributed by atoms with Gasteiger partial charge in [-0.2, -0.15) is 0 Å². The van der Waals surface area contributed by atoms with Crippen LogP contribution < -0.4 is 14.8 Å². The number of allylic oxidation sites excluding steroid dienone is 1. The van der Waals surface area contributed by atoms with E-state index in [0.717, 1.165) is 30.7 Å². The second-order valence-corrected chi connectivity index (χ2v) is 10.5. The summed E-state index contributed by atoms with van der Waals surface area (Å²) in [5.74, 6) is 0.575. The Bertz CT molecular complexity index is 1350. The zero-order valence-electron chi connectivity index (χ0n) is 22.8. The fraction of sp³-hybridized carbons (Fsp3) is 0.367. The molecule has 3 heterocycles. The number of ether oxygens (including phenoxy) is 4. The second kappa shape index (κ2) is 12.6. The maximum absolute atomic E-state index is 13.7. The normalized spacial score (nSPS) is 20.0. The zero-order chi connectivity index (χ0) is 28.1. The fourth-order valence-electron chi connectivity index (χ4n) is 5.04. The molecule has 0 unspecified atom stereocenters. The van der Waals surface area contributed by atoms with Crippen molar-refractivity contribution in [1.29, 1.82) is 0 Å². The van der Waals surface area contributed by atoms with Crippen LogP contribution in [0, 0.1) is 0 Å². The van der Waals surface area contributed by atoms with Gasteiger partial charge in [0, 0.05) is 24.4 Å². The topological polar surface area (TPSA) is 98.7 Å². The highest BCUT2D eigenvalue weighted by molar-refractivity contribution is 8.16. The average Bonchev–Trinajstić information content (AvgIpc) is 3.64. The Balaban J connectivity index is 1.46. The van der Waals surface area contributed by atoms with Crippen molar-refractivity contribution in [2.45, 2.75) is 44.9 Å². The lowest BCUT2D eigenvalue weighted by molar-refractivity contribution is -0.141. The van der Waals surface area contributed by atoms with Crippen molar-refractivity contribution >= 4 is 28.8 Å². The first-order valence-electron chi connectivity index (χ1n) is 13.2. The van der Waals surface area contributed by atoms with Crippen LogP contribution in [-0.2, 0) is 25.7 Å². The third-order valence-electron chi connectivity index (χ3n) is 7.06. The molecule has 1 amide bonds. The Morgan fingerprint density at radius 2 is 1.98 bits per heavy atom. The summed E-state index contributed by atoms with van der Waals surface area (Å²) in [6.07, 6.45) is 2.12. The van der Waals surface area contributed by atoms with Crippen LogP contribution in [0.15, 0.2) is 75.9 Å². The van der Waals surface area contributed by atoms with Crippen LogP contribution in [0.25, 0.3) is 0 Å². The first-order chi connectivity index (χ1) is 19.5. The summed E-state index contributed by atoms with van der Waals surface area (Å²) >= 11 is 1.42. The number of esters is 1. The molecule has 2 atom stereocenters. The number of amidine groups is 1. The number of amides is 1. The summed E-state index contributed by atoms with van der Waals surface area (Å²) in [7, 11) is 3.17. The van der Waals surface area contributed by atoms with Crippen LogP contribution in [0.4, 0.5) is 0 Å². The van der Waals surface area contributed by atoms with Gasteiger partial charge in [0.25, 0.3) is 0 Å². The molecule has 2 aromatic rings. The number of carbonyl (C=O) groups is 2. The molecule has 10 heteroatoms. The van der Waals surface area contributed by atoms with Crippen molar-refractivity contribution in [3.8, 4) is 11.5 Å². The highest BCUT2D eigenvalue weighted by Crippen LogP contribution is 2.47. The molecule has 0 aromatic heterocycles. The van der Waals surface area contributed by atoms with Crippen molar-refractivity contribution < 1.29 is 28.5 Å². The molecule has 2 aromatic carbocycles. The van der Waals surface area contributed by atoms with Crippen LogP contribution in [0.3, 0.4) is 0 Å². The lowest BCUT2D eigenvalue weighted by Gasteiger charge is -2.37. The molecule has 0 aliphatic carbocycles. The molecule has 1 fully saturated rings. The first-order valence-corrected chi connectivity index (χ1v) is 14.1. The molecule has 0 radical (unpaired) electrons. The number of methoxy groups -OCH3 is 2. The number of benzene rings is 2. The second-order valence-electron chi connectivity index (χ2n) is 9.68. The largest absolute Gasteiger partial charge is 0.497 e. The zero-order valence-corrected chi connectivity index (χ0v) is 23.7. The number of thioether (sulfide) groups is 1. The summed E-state index contributed by atoms with van der Waals surface area (Å²) in [5.41, 5.74) is 3.23. The van der Waals surface area contributed by atoms with E-state index in [-0.39, 0.29) is 25.0 Å². The number of nitrogens with one attached hydrogen (secondary N) is 1. The molecule has 40 heavy (non-hydrogen) atoms. The van der Waals surface area contributed by atoms with E-state index in [2.05, 4.69) is 5.32 Å². The van der Waals surface area contributed by atoms with Gasteiger partial charge in [-0.3, -0.25) is 4.79 Å². The smallest absolute Gasteiger partial charge is 0.338 e. The number of carbonyl (C=O) groups excluding carboxylic acids is 2. The Kier molecular flexibility index (Phi) is 8.76. The van der Waals surface area contributed by atoms with E-state index >= 15 is 0 Å². The SMILES string of the molecule is COc1ccc(OC)c([C@H]2C(C(=O)OCc3ccccc3)=C(C)N=C3SC=C(CC(=O)NC[C@H]4CCCO4)N32)c1. The number of hydrogen-bond acceptors (Lipinski definition) is 9. The van der Waals surface area contributed by atoms with Crippen LogP contribution in [-0.4, -0.2) is 55.4 Å². The lowest BCUT2D eigenvalue weighted by Crippen LogP contribution is -2.39.